The van der Waals surface area contributed by atoms with Crippen LogP contribution in [0.25, 0.3) is 0 Å². The summed E-state index contributed by atoms with van der Waals surface area (Å²) >= 11 is 6.14. The van der Waals surface area contributed by atoms with Gasteiger partial charge in [-0.1, -0.05) is 17.7 Å². The Morgan fingerprint density at radius 2 is 1.64 bits per heavy atom. The molecule has 0 aliphatic rings. The van der Waals surface area contributed by atoms with Gasteiger partial charge < -0.3 is 15.2 Å². The van der Waals surface area contributed by atoms with Crippen molar-refractivity contribution in [2.75, 3.05) is 18.9 Å². The Balaban J connectivity index is 1.79. The quantitative estimate of drug-likeness (QED) is 0.620. The van der Waals surface area contributed by atoms with Gasteiger partial charge in [0, 0.05) is 22.7 Å². The second kappa shape index (κ2) is 7.41. The number of anilines is 1. The van der Waals surface area contributed by atoms with E-state index in [0.29, 0.717) is 13.2 Å². The molecule has 0 aliphatic carbocycles. The van der Waals surface area contributed by atoms with Crippen molar-refractivity contribution in [1.82, 2.24) is 0 Å². The van der Waals surface area contributed by atoms with E-state index in [4.69, 9.17) is 26.8 Å². The summed E-state index contributed by atoms with van der Waals surface area (Å²) in [5, 5.41) is 0.799. The van der Waals surface area contributed by atoms with Gasteiger partial charge in [-0.05, 0) is 56.2 Å². The van der Waals surface area contributed by atoms with Gasteiger partial charge in [-0.2, -0.15) is 0 Å². The van der Waals surface area contributed by atoms with E-state index >= 15 is 0 Å². The molecule has 2 aromatic carbocycles. The van der Waals surface area contributed by atoms with Gasteiger partial charge in [0.05, 0.1) is 13.2 Å². The summed E-state index contributed by atoms with van der Waals surface area (Å²) in [6, 6.07) is 9.61. The second-order valence-corrected chi connectivity index (χ2v) is 5.77. The van der Waals surface area contributed by atoms with Crippen molar-refractivity contribution in [3.8, 4) is 11.5 Å². The van der Waals surface area contributed by atoms with E-state index in [0.717, 1.165) is 45.3 Å². The third-order valence-electron chi connectivity index (χ3n) is 3.55. The Bertz CT molecular complexity index is 633. The molecule has 22 heavy (non-hydrogen) atoms. The third kappa shape index (κ3) is 4.08. The number of nitrogens with two attached hydrogens (primary N) is 1. The topological polar surface area (TPSA) is 44.5 Å². The number of rotatable bonds is 6. The van der Waals surface area contributed by atoms with Crippen LogP contribution in [0.5, 0.6) is 11.5 Å². The Morgan fingerprint density at radius 3 is 2.32 bits per heavy atom. The van der Waals surface area contributed by atoms with Crippen LogP contribution >= 0.6 is 11.6 Å². The molecule has 2 rings (SSSR count). The van der Waals surface area contributed by atoms with E-state index in [9.17, 15) is 0 Å². The minimum absolute atomic E-state index is 0.593. The van der Waals surface area contributed by atoms with Gasteiger partial charge in [0.25, 0.3) is 0 Å². The van der Waals surface area contributed by atoms with Gasteiger partial charge in [0.15, 0.2) is 0 Å². The van der Waals surface area contributed by atoms with Crippen molar-refractivity contribution >= 4 is 17.3 Å². The molecule has 0 saturated heterocycles. The molecule has 3 nitrogen and oxygen atoms in total. The Kier molecular flexibility index (Phi) is 5.56. The summed E-state index contributed by atoms with van der Waals surface area (Å²) in [5.41, 5.74) is 9.64. The van der Waals surface area contributed by atoms with Crippen LogP contribution < -0.4 is 15.2 Å². The number of hydrogen-bond donors (Lipinski definition) is 1. The maximum atomic E-state index is 6.14. The lowest BCUT2D eigenvalue weighted by molar-refractivity contribution is 0.246. The highest BCUT2D eigenvalue weighted by Crippen LogP contribution is 2.26. The fourth-order valence-electron chi connectivity index (χ4n) is 2.21. The standard InChI is InChI=1S/C18H22ClNO2/c1-12-10-15(11-13(2)18(12)19)21-8-5-9-22-17-7-4-6-16(20)14(17)3/h4,6-7,10-11H,5,8-9,20H2,1-3H3. The van der Waals surface area contributed by atoms with Gasteiger partial charge in [0.2, 0.25) is 0 Å². The molecule has 2 aromatic rings. The van der Waals surface area contributed by atoms with Crippen molar-refractivity contribution in [2.45, 2.75) is 27.2 Å². The maximum absolute atomic E-state index is 6.14. The summed E-state index contributed by atoms with van der Waals surface area (Å²) in [6.45, 7) is 7.11. The molecule has 118 valence electrons. The molecule has 0 aliphatic heterocycles. The largest absolute Gasteiger partial charge is 0.493 e. The number of halogens is 1. The molecule has 0 bridgehead atoms. The SMILES string of the molecule is Cc1cc(OCCCOc2cccc(N)c2C)cc(C)c1Cl. The zero-order valence-corrected chi connectivity index (χ0v) is 14.0. The van der Waals surface area contributed by atoms with E-state index in [1.807, 2.05) is 51.1 Å². The molecule has 0 fully saturated rings. The van der Waals surface area contributed by atoms with Gasteiger partial charge in [0.1, 0.15) is 11.5 Å². The maximum Gasteiger partial charge on any atom is 0.124 e. The van der Waals surface area contributed by atoms with Crippen molar-refractivity contribution < 1.29 is 9.47 Å². The number of aryl methyl sites for hydroxylation is 2. The highest BCUT2D eigenvalue weighted by Gasteiger charge is 2.04. The van der Waals surface area contributed by atoms with Crippen molar-refractivity contribution in [2.24, 2.45) is 0 Å². The third-order valence-corrected chi connectivity index (χ3v) is 4.15. The van der Waals surface area contributed by atoms with Gasteiger partial charge in [-0.15, -0.1) is 0 Å². The Labute approximate surface area is 137 Å². The van der Waals surface area contributed by atoms with Crippen LogP contribution in [0.15, 0.2) is 30.3 Å². The van der Waals surface area contributed by atoms with Crippen LogP contribution in [0.2, 0.25) is 5.02 Å². The number of nitrogen functional groups attached to an aromatic ring is 1. The van der Waals surface area contributed by atoms with Crippen LogP contribution in [0.1, 0.15) is 23.1 Å². The fraction of sp³-hybridized carbons (Fsp3) is 0.333. The van der Waals surface area contributed by atoms with E-state index in [1.54, 1.807) is 0 Å². The van der Waals surface area contributed by atoms with E-state index in [-0.39, 0.29) is 0 Å². The average molecular weight is 320 g/mol. The Morgan fingerprint density at radius 1 is 1.00 bits per heavy atom. The van der Waals surface area contributed by atoms with E-state index < -0.39 is 0 Å². The molecule has 0 spiro atoms. The molecule has 0 amide bonds. The van der Waals surface area contributed by atoms with Gasteiger partial charge in [-0.3, -0.25) is 0 Å². The highest BCUT2D eigenvalue weighted by molar-refractivity contribution is 6.32. The van der Waals surface area contributed by atoms with Crippen molar-refractivity contribution in [3.05, 3.63) is 52.0 Å². The molecule has 0 aromatic heterocycles. The van der Waals surface area contributed by atoms with E-state index in [2.05, 4.69) is 0 Å². The zero-order chi connectivity index (χ0) is 16.1. The van der Waals surface area contributed by atoms with Crippen LogP contribution in [0, 0.1) is 20.8 Å². The monoisotopic (exact) mass is 319 g/mol. The zero-order valence-electron chi connectivity index (χ0n) is 13.3. The summed E-state index contributed by atoms with van der Waals surface area (Å²) in [6.07, 6.45) is 0.801. The van der Waals surface area contributed by atoms with E-state index in [1.165, 1.54) is 0 Å². The van der Waals surface area contributed by atoms with Crippen LogP contribution in [0.3, 0.4) is 0 Å². The summed E-state index contributed by atoms with van der Waals surface area (Å²) in [5.74, 6) is 1.68. The van der Waals surface area contributed by atoms with Gasteiger partial charge >= 0.3 is 0 Å². The average Bonchev–Trinajstić information content (AvgIpc) is 2.48. The van der Waals surface area contributed by atoms with Crippen LogP contribution in [0.4, 0.5) is 5.69 Å². The minimum Gasteiger partial charge on any atom is -0.493 e. The molecular weight excluding hydrogens is 298 g/mol. The first kappa shape index (κ1) is 16.5. The minimum atomic E-state index is 0.593. The van der Waals surface area contributed by atoms with Gasteiger partial charge in [-0.25, -0.2) is 0 Å². The van der Waals surface area contributed by atoms with Crippen molar-refractivity contribution in [1.29, 1.82) is 0 Å². The Hall–Kier alpha value is -1.87. The molecule has 0 atom stereocenters. The second-order valence-electron chi connectivity index (χ2n) is 5.39. The fourth-order valence-corrected chi connectivity index (χ4v) is 2.32. The lowest BCUT2D eigenvalue weighted by Gasteiger charge is -2.12. The predicted octanol–water partition coefficient (Wildman–Crippen LogP) is 4.70. The molecular formula is C18H22ClNO2. The lowest BCUT2D eigenvalue weighted by atomic mass is 10.1. The van der Waals surface area contributed by atoms with Crippen molar-refractivity contribution in [3.63, 3.8) is 0 Å². The molecule has 2 N–H and O–H groups in total. The summed E-state index contributed by atoms with van der Waals surface area (Å²) in [7, 11) is 0. The molecule has 0 heterocycles. The van der Waals surface area contributed by atoms with Crippen LogP contribution in [-0.2, 0) is 0 Å². The smallest absolute Gasteiger partial charge is 0.124 e. The highest BCUT2D eigenvalue weighted by atomic mass is 35.5. The number of benzene rings is 2. The number of hydrogen-bond acceptors (Lipinski definition) is 3. The normalized spacial score (nSPS) is 10.5. The first-order valence-electron chi connectivity index (χ1n) is 7.36. The first-order chi connectivity index (χ1) is 10.5. The summed E-state index contributed by atoms with van der Waals surface area (Å²) < 4.78 is 11.5. The first-order valence-corrected chi connectivity index (χ1v) is 7.74. The van der Waals surface area contributed by atoms with Crippen LogP contribution in [-0.4, -0.2) is 13.2 Å². The molecule has 0 radical (unpaired) electrons. The number of ether oxygens (including phenoxy) is 2. The predicted molar refractivity (Wildman–Crippen MR) is 92.1 cm³/mol. The summed E-state index contributed by atoms with van der Waals surface area (Å²) in [4.78, 5) is 0. The molecule has 4 heteroatoms. The molecule has 0 unspecified atom stereocenters. The lowest BCUT2D eigenvalue weighted by Crippen LogP contribution is -2.06. The molecule has 0 saturated carbocycles.